The normalized spacial score (nSPS) is 20.7. The maximum Gasteiger partial charge on any atom is 0.125 e. The fourth-order valence-electron chi connectivity index (χ4n) is 2.60. The van der Waals surface area contributed by atoms with Gasteiger partial charge >= 0.3 is 0 Å². The predicted octanol–water partition coefficient (Wildman–Crippen LogP) is 3.57. The van der Waals surface area contributed by atoms with Gasteiger partial charge < -0.3 is 4.74 Å². The SMILES string of the molecule is Cc1cccc(C)c1OC[C@H]1CN1Cc1ccccc1. The lowest BCUT2D eigenvalue weighted by atomic mass is 10.1. The predicted molar refractivity (Wildman–Crippen MR) is 82.1 cm³/mol. The number of hydrogen-bond acceptors (Lipinski definition) is 2. The summed E-state index contributed by atoms with van der Waals surface area (Å²) in [4.78, 5) is 2.45. The highest BCUT2D eigenvalue weighted by atomic mass is 16.5. The molecule has 104 valence electrons. The molecule has 0 spiro atoms. The first-order valence-corrected chi connectivity index (χ1v) is 7.21. The maximum absolute atomic E-state index is 6.02. The first kappa shape index (κ1) is 13.2. The van der Waals surface area contributed by atoms with Crippen molar-refractivity contribution in [1.29, 1.82) is 0 Å². The van der Waals surface area contributed by atoms with E-state index in [4.69, 9.17) is 4.74 Å². The van der Waals surface area contributed by atoms with Gasteiger partial charge in [0.25, 0.3) is 0 Å². The van der Waals surface area contributed by atoms with Crippen molar-refractivity contribution >= 4 is 0 Å². The molecular formula is C18H21NO. The lowest BCUT2D eigenvalue weighted by molar-refractivity contribution is 0.289. The molecule has 2 aromatic carbocycles. The van der Waals surface area contributed by atoms with Crippen LogP contribution in [0.15, 0.2) is 48.5 Å². The van der Waals surface area contributed by atoms with E-state index in [9.17, 15) is 0 Å². The Bertz CT molecular complexity index is 559. The fraction of sp³-hybridized carbons (Fsp3) is 0.333. The highest BCUT2D eigenvalue weighted by molar-refractivity contribution is 5.39. The van der Waals surface area contributed by atoms with E-state index < -0.39 is 0 Å². The summed E-state index contributed by atoms with van der Waals surface area (Å²) < 4.78 is 6.02. The topological polar surface area (TPSA) is 12.2 Å². The van der Waals surface area contributed by atoms with Gasteiger partial charge in [-0.15, -0.1) is 0 Å². The summed E-state index contributed by atoms with van der Waals surface area (Å²) in [5, 5.41) is 0. The summed E-state index contributed by atoms with van der Waals surface area (Å²) in [6, 6.07) is 17.5. The van der Waals surface area contributed by atoms with Crippen molar-refractivity contribution in [3.05, 3.63) is 65.2 Å². The minimum absolute atomic E-state index is 0.564. The molecular weight excluding hydrogens is 246 g/mol. The zero-order valence-corrected chi connectivity index (χ0v) is 12.2. The van der Waals surface area contributed by atoms with Crippen molar-refractivity contribution in [2.45, 2.75) is 26.4 Å². The van der Waals surface area contributed by atoms with Crippen LogP contribution in [0.4, 0.5) is 0 Å². The second-order valence-corrected chi connectivity index (χ2v) is 5.60. The van der Waals surface area contributed by atoms with Crippen molar-refractivity contribution < 1.29 is 4.74 Å². The lowest BCUT2D eigenvalue weighted by Crippen LogP contribution is -2.12. The Morgan fingerprint density at radius 3 is 2.40 bits per heavy atom. The van der Waals surface area contributed by atoms with Crippen LogP contribution in [0.3, 0.4) is 0 Å². The van der Waals surface area contributed by atoms with E-state index in [-0.39, 0.29) is 0 Å². The second-order valence-electron chi connectivity index (χ2n) is 5.60. The van der Waals surface area contributed by atoms with E-state index >= 15 is 0 Å². The Morgan fingerprint density at radius 2 is 1.70 bits per heavy atom. The molecule has 2 heteroatoms. The molecule has 2 nitrogen and oxygen atoms in total. The molecule has 0 bridgehead atoms. The summed E-state index contributed by atoms with van der Waals surface area (Å²) >= 11 is 0. The number of aryl methyl sites for hydroxylation is 2. The van der Waals surface area contributed by atoms with Crippen LogP contribution in [0.1, 0.15) is 16.7 Å². The number of para-hydroxylation sites is 1. The molecule has 0 amide bonds. The Balaban J connectivity index is 1.52. The molecule has 1 aliphatic rings. The first-order chi connectivity index (χ1) is 9.74. The molecule has 3 rings (SSSR count). The third-order valence-electron chi connectivity index (χ3n) is 3.89. The van der Waals surface area contributed by atoms with Gasteiger partial charge in [0.15, 0.2) is 0 Å². The summed E-state index contributed by atoms with van der Waals surface area (Å²) in [5.74, 6) is 1.05. The van der Waals surface area contributed by atoms with E-state index in [1.807, 2.05) is 0 Å². The molecule has 1 heterocycles. The van der Waals surface area contributed by atoms with Gasteiger partial charge in [-0.25, -0.2) is 0 Å². The highest BCUT2D eigenvalue weighted by Crippen LogP contribution is 2.26. The maximum atomic E-state index is 6.02. The average Bonchev–Trinajstić information content (AvgIpc) is 3.17. The van der Waals surface area contributed by atoms with Gasteiger partial charge in [-0.05, 0) is 30.5 Å². The van der Waals surface area contributed by atoms with Gasteiger partial charge in [-0.1, -0.05) is 48.5 Å². The van der Waals surface area contributed by atoms with Crippen LogP contribution in [0.2, 0.25) is 0 Å². The van der Waals surface area contributed by atoms with Crippen LogP contribution in [0, 0.1) is 13.8 Å². The molecule has 1 fully saturated rings. The highest BCUT2D eigenvalue weighted by Gasteiger charge is 2.34. The van der Waals surface area contributed by atoms with Crippen molar-refractivity contribution in [3.63, 3.8) is 0 Å². The third kappa shape index (κ3) is 3.02. The molecule has 20 heavy (non-hydrogen) atoms. The smallest absolute Gasteiger partial charge is 0.125 e. The summed E-state index contributed by atoms with van der Waals surface area (Å²) in [7, 11) is 0. The van der Waals surface area contributed by atoms with E-state index in [2.05, 4.69) is 67.3 Å². The summed E-state index contributed by atoms with van der Waals surface area (Å²) in [6.07, 6.45) is 0. The van der Waals surface area contributed by atoms with E-state index in [1.165, 1.54) is 16.7 Å². The molecule has 1 saturated heterocycles. The van der Waals surface area contributed by atoms with E-state index in [0.29, 0.717) is 6.04 Å². The Kier molecular flexibility index (Phi) is 3.75. The minimum atomic E-state index is 0.564. The van der Waals surface area contributed by atoms with Crippen molar-refractivity contribution in [1.82, 2.24) is 4.90 Å². The molecule has 2 aromatic rings. The van der Waals surface area contributed by atoms with Crippen LogP contribution in [0.5, 0.6) is 5.75 Å². The van der Waals surface area contributed by atoms with E-state index in [1.54, 1.807) is 0 Å². The largest absolute Gasteiger partial charge is 0.491 e. The van der Waals surface area contributed by atoms with Crippen molar-refractivity contribution in [2.75, 3.05) is 13.2 Å². The van der Waals surface area contributed by atoms with Gasteiger partial charge in [0.1, 0.15) is 12.4 Å². The molecule has 0 saturated carbocycles. The first-order valence-electron chi connectivity index (χ1n) is 7.21. The standard InChI is InChI=1S/C18H21NO/c1-14-7-6-8-15(2)18(14)20-13-17-12-19(17)11-16-9-4-3-5-10-16/h3-10,17H,11-13H2,1-2H3/t17-,19?/m1/s1. The number of benzene rings is 2. The van der Waals surface area contributed by atoms with Gasteiger partial charge in [-0.2, -0.15) is 0 Å². The van der Waals surface area contributed by atoms with Gasteiger partial charge in [-0.3, -0.25) is 4.90 Å². The quantitative estimate of drug-likeness (QED) is 0.768. The monoisotopic (exact) mass is 267 g/mol. The van der Waals surface area contributed by atoms with Crippen molar-refractivity contribution in [3.8, 4) is 5.75 Å². The Labute approximate surface area is 121 Å². The third-order valence-corrected chi connectivity index (χ3v) is 3.89. The Morgan fingerprint density at radius 1 is 1.00 bits per heavy atom. The van der Waals surface area contributed by atoms with Crippen molar-refractivity contribution in [2.24, 2.45) is 0 Å². The van der Waals surface area contributed by atoms with Gasteiger partial charge in [0, 0.05) is 13.1 Å². The van der Waals surface area contributed by atoms with Gasteiger partial charge in [0.2, 0.25) is 0 Å². The van der Waals surface area contributed by atoms with Crippen LogP contribution in [-0.2, 0) is 6.54 Å². The number of ether oxygens (including phenoxy) is 1. The molecule has 2 atom stereocenters. The van der Waals surface area contributed by atoms with Crippen LogP contribution >= 0.6 is 0 Å². The average molecular weight is 267 g/mol. The summed E-state index contributed by atoms with van der Waals surface area (Å²) in [6.45, 7) is 7.17. The molecule has 1 unspecified atom stereocenters. The van der Waals surface area contributed by atoms with Crippen LogP contribution in [-0.4, -0.2) is 24.1 Å². The molecule has 0 radical (unpaired) electrons. The lowest BCUT2D eigenvalue weighted by Gasteiger charge is -2.12. The molecule has 1 aliphatic heterocycles. The molecule has 0 aliphatic carbocycles. The zero-order chi connectivity index (χ0) is 13.9. The number of nitrogens with zero attached hydrogens (tertiary/aromatic N) is 1. The van der Waals surface area contributed by atoms with Crippen LogP contribution in [0.25, 0.3) is 0 Å². The number of hydrogen-bond donors (Lipinski definition) is 0. The van der Waals surface area contributed by atoms with Gasteiger partial charge in [0.05, 0.1) is 6.04 Å². The number of rotatable bonds is 5. The minimum Gasteiger partial charge on any atom is -0.491 e. The zero-order valence-electron chi connectivity index (χ0n) is 12.2. The van der Waals surface area contributed by atoms with E-state index in [0.717, 1.165) is 25.4 Å². The molecule has 0 aromatic heterocycles. The second kappa shape index (κ2) is 5.68. The molecule has 0 N–H and O–H groups in total. The summed E-state index contributed by atoms with van der Waals surface area (Å²) in [5.41, 5.74) is 3.82. The Hall–Kier alpha value is -1.80. The fourth-order valence-corrected chi connectivity index (χ4v) is 2.60. The van der Waals surface area contributed by atoms with Crippen LogP contribution < -0.4 is 4.74 Å².